The molecule has 2 amide bonds. The van der Waals surface area contributed by atoms with Crippen LogP contribution in [0, 0.1) is 17.0 Å². The third-order valence-corrected chi connectivity index (χ3v) is 2.97. The van der Waals surface area contributed by atoms with Gasteiger partial charge in [-0.15, -0.1) is 0 Å². The molecule has 20 heavy (non-hydrogen) atoms. The minimum Gasteiger partial charge on any atom is -0.465 e. The van der Waals surface area contributed by atoms with Crippen LogP contribution < -0.4 is 10.2 Å². The molecular weight excluding hydrogens is 268 g/mol. The van der Waals surface area contributed by atoms with Crippen LogP contribution in [0.5, 0.6) is 0 Å². The van der Waals surface area contributed by atoms with E-state index in [9.17, 15) is 19.7 Å². The Morgan fingerprint density at radius 1 is 1.60 bits per heavy atom. The molecule has 9 nitrogen and oxygen atoms in total. The van der Waals surface area contributed by atoms with Crippen molar-refractivity contribution >= 4 is 23.5 Å². The highest BCUT2D eigenvalue weighted by atomic mass is 16.6. The lowest BCUT2D eigenvalue weighted by atomic mass is 10.3. The van der Waals surface area contributed by atoms with Gasteiger partial charge < -0.3 is 10.4 Å². The molecule has 0 aliphatic carbocycles. The van der Waals surface area contributed by atoms with Crippen LogP contribution in [0.25, 0.3) is 0 Å². The Hall–Kier alpha value is -2.71. The molecule has 1 aliphatic heterocycles. The first-order valence-corrected chi connectivity index (χ1v) is 5.80. The molecule has 1 atom stereocenters. The van der Waals surface area contributed by atoms with Gasteiger partial charge in [-0.05, 0) is 13.0 Å². The van der Waals surface area contributed by atoms with E-state index in [2.05, 4.69) is 10.3 Å². The summed E-state index contributed by atoms with van der Waals surface area (Å²) in [5.41, 5.74) is 0.0792. The molecule has 1 aliphatic rings. The number of rotatable bonds is 3. The number of aryl methyl sites for hydroxylation is 1. The number of carbonyl (C=O) groups excluding carboxylic acids is 1. The number of amides is 2. The summed E-state index contributed by atoms with van der Waals surface area (Å²) < 4.78 is 0. The maximum absolute atomic E-state index is 11.8. The van der Waals surface area contributed by atoms with Crippen LogP contribution in [0.3, 0.4) is 0 Å². The largest absolute Gasteiger partial charge is 0.465 e. The van der Waals surface area contributed by atoms with E-state index in [1.807, 2.05) is 0 Å². The van der Waals surface area contributed by atoms with Gasteiger partial charge in [-0.3, -0.25) is 19.8 Å². The summed E-state index contributed by atoms with van der Waals surface area (Å²) in [6.07, 6.45) is -1.15. The van der Waals surface area contributed by atoms with Gasteiger partial charge in [-0.1, -0.05) is 0 Å². The molecule has 0 radical (unpaired) electrons. The van der Waals surface area contributed by atoms with Crippen LogP contribution in [0.4, 0.5) is 16.3 Å². The van der Waals surface area contributed by atoms with Gasteiger partial charge in [0.2, 0.25) is 5.91 Å². The fourth-order valence-electron chi connectivity index (χ4n) is 2.08. The molecule has 9 heteroatoms. The quantitative estimate of drug-likeness (QED) is 0.619. The number of hydrogen-bond acceptors (Lipinski definition) is 5. The zero-order valence-electron chi connectivity index (χ0n) is 10.6. The minimum atomic E-state index is -1.20. The predicted octanol–water partition coefficient (Wildman–Crippen LogP) is 0.671. The van der Waals surface area contributed by atoms with Crippen molar-refractivity contribution in [3.8, 4) is 0 Å². The van der Waals surface area contributed by atoms with Crippen molar-refractivity contribution < 1.29 is 19.6 Å². The summed E-state index contributed by atoms with van der Waals surface area (Å²) >= 11 is 0. The molecule has 1 unspecified atom stereocenters. The molecule has 0 bridgehead atoms. The summed E-state index contributed by atoms with van der Waals surface area (Å²) in [6.45, 7) is 1.64. The van der Waals surface area contributed by atoms with Crippen LogP contribution in [0.1, 0.15) is 12.1 Å². The number of carbonyl (C=O) groups is 2. The molecule has 1 aromatic heterocycles. The van der Waals surface area contributed by atoms with Gasteiger partial charge in [-0.2, -0.15) is 0 Å². The second-order valence-electron chi connectivity index (χ2n) is 4.39. The summed E-state index contributed by atoms with van der Waals surface area (Å²) in [4.78, 5) is 37.9. The van der Waals surface area contributed by atoms with Crippen molar-refractivity contribution in [1.82, 2.24) is 10.3 Å². The smallest absolute Gasteiger partial charge is 0.404 e. The van der Waals surface area contributed by atoms with Gasteiger partial charge in [0.25, 0.3) is 5.69 Å². The number of nitro groups is 1. The Morgan fingerprint density at radius 2 is 2.30 bits per heavy atom. The monoisotopic (exact) mass is 280 g/mol. The van der Waals surface area contributed by atoms with Crippen LogP contribution in [-0.2, 0) is 4.79 Å². The van der Waals surface area contributed by atoms with E-state index in [1.165, 1.54) is 24.0 Å². The lowest BCUT2D eigenvalue weighted by molar-refractivity contribution is -0.385. The van der Waals surface area contributed by atoms with Gasteiger partial charge in [0.1, 0.15) is 11.5 Å². The highest BCUT2D eigenvalue weighted by Gasteiger charge is 2.32. The lowest BCUT2D eigenvalue weighted by Gasteiger charge is -2.15. The normalized spacial score (nSPS) is 18.1. The van der Waals surface area contributed by atoms with Crippen molar-refractivity contribution in [2.75, 3.05) is 11.4 Å². The van der Waals surface area contributed by atoms with E-state index in [-0.39, 0.29) is 36.1 Å². The molecule has 106 valence electrons. The zero-order chi connectivity index (χ0) is 14.9. The Balaban J connectivity index is 2.20. The maximum atomic E-state index is 11.8. The second-order valence-corrected chi connectivity index (χ2v) is 4.39. The highest BCUT2D eigenvalue weighted by Crippen LogP contribution is 2.24. The first-order chi connectivity index (χ1) is 9.38. The van der Waals surface area contributed by atoms with Crippen molar-refractivity contribution in [2.45, 2.75) is 19.4 Å². The average molecular weight is 280 g/mol. The van der Waals surface area contributed by atoms with Gasteiger partial charge in [-0.25, -0.2) is 9.78 Å². The Morgan fingerprint density at radius 3 is 2.85 bits per heavy atom. The summed E-state index contributed by atoms with van der Waals surface area (Å²) in [5.74, 6) is 0.0114. The van der Waals surface area contributed by atoms with Gasteiger partial charge >= 0.3 is 6.09 Å². The molecule has 1 aromatic rings. The third-order valence-electron chi connectivity index (χ3n) is 2.97. The molecule has 0 aromatic carbocycles. The highest BCUT2D eigenvalue weighted by molar-refractivity contribution is 5.95. The Labute approximate surface area is 113 Å². The second kappa shape index (κ2) is 5.11. The van der Waals surface area contributed by atoms with Gasteiger partial charge in [0.05, 0.1) is 11.0 Å². The average Bonchev–Trinajstić information content (AvgIpc) is 2.68. The van der Waals surface area contributed by atoms with Gasteiger partial charge in [0, 0.05) is 19.0 Å². The van der Waals surface area contributed by atoms with Crippen molar-refractivity contribution in [2.24, 2.45) is 0 Å². The number of aromatic nitrogens is 1. The molecule has 1 fully saturated rings. The molecule has 2 heterocycles. The summed E-state index contributed by atoms with van der Waals surface area (Å²) in [7, 11) is 0. The predicted molar refractivity (Wildman–Crippen MR) is 67.5 cm³/mol. The summed E-state index contributed by atoms with van der Waals surface area (Å²) in [6, 6.07) is 2.16. The van der Waals surface area contributed by atoms with Crippen molar-refractivity contribution in [3.05, 3.63) is 27.9 Å². The first-order valence-electron chi connectivity index (χ1n) is 5.80. The molecular formula is C11H12N4O5. The van der Waals surface area contributed by atoms with E-state index in [0.29, 0.717) is 0 Å². The van der Waals surface area contributed by atoms with E-state index < -0.39 is 17.1 Å². The number of pyridine rings is 1. The molecule has 2 N–H and O–H groups in total. The number of carboxylic acid groups (broad SMARTS) is 1. The standard InChI is InChI=1S/C11H12N4O5/c1-6-8(15(19)20)2-3-9(12-6)14-5-7(4-10(14)16)13-11(17)18/h2-3,7,13H,4-5H2,1H3,(H,17,18). The number of anilines is 1. The topological polar surface area (TPSA) is 126 Å². The lowest BCUT2D eigenvalue weighted by Crippen LogP contribution is -2.36. The van der Waals surface area contributed by atoms with Crippen LogP contribution in [-0.4, -0.2) is 39.6 Å². The SMILES string of the molecule is Cc1nc(N2CC(NC(=O)O)CC2=O)ccc1[N+](=O)[O-]. The molecule has 1 saturated heterocycles. The fourth-order valence-corrected chi connectivity index (χ4v) is 2.08. The number of nitrogens with one attached hydrogen (secondary N) is 1. The number of nitrogens with zero attached hydrogens (tertiary/aromatic N) is 3. The molecule has 0 saturated carbocycles. The van der Waals surface area contributed by atoms with E-state index in [0.717, 1.165) is 0 Å². The Kier molecular flexibility index (Phi) is 3.51. The third kappa shape index (κ3) is 2.66. The maximum Gasteiger partial charge on any atom is 0.404 e. The Bertz CT molecular complexity index is 588. The van der Waals surface area contributed by atoms with Crippen LogP contribution in [0.15, 0.2) is 12.1 Å². The zero-order valence-corrected chi connectivity index (χ0v) is 10.6. The summed E-state index contributed by atoms with van der Waals surface area (Å²) in [5, 5.41) is 21.6. The van der Waals surface area contributed by atoms with E-state index >= 15 is 0 Å². The van der Waals surface area contributed by atoms with E-state index in [4.69, 9.17) is 5.11 Å². The number of hydrogen-bond donors (Lipinski definition) is 2. The minimum absolute atomic E-state index is 0.0456. The first kappa shape index (κ1) is 13.7. The van der Waals surface area contributed by atoms with E-state index in [1.54, 1.807) is 0 Å². The van der Waals surface area contributed by atoms with Gasteiger partial charge in [0.15, 0.2) is 0 Å². The van der Waals surface area contributed by atoms with Crippen LogP contribution in [0.2, 0.25) is 0 Å². The molecule has 2 rings (SSSR count). The van der Waals surface area contributed by atoms with Crippen molar-refractivity contribution in [1.29, 1.82) is 0 Å². The van der Waals surface area contributed by atoms with Crippen molar-refractivity contribution in [3.63, 3.8) is 0 Å². The molecule has 0 spiro atoms. The van der Waals surface area contributed by atoms with Crippen LogP contribution >= 0.6 is 0 Å². The fraction of sp³-hybridized carbons (Fsp3) is 0.364.